The molecule has 0 radical (unpaired) electrons. The number of thioether (sulfide) groups is 1. The van der Waals surface area contributed by atoms with Gasteiger partial charge in [-0.2, -0.15) is 0 Å². The zero-order chi connectivity index (χ0) is 41.3. The molecular formula is C51H80N4OS. The molecule has 0 bridgehead atoms. The second-order valence-electron chi connectivity index (χ2n) is 16.7. The molecule has 3 aromatic carbocycles. The van der Waals surface area contributed by atoms with E-state index in [-0.39, 0.29) is 0 Å². The van der Waals surface area contributed by atoms with Crippen molar-refractivity contribution >= 4 is 17.4 Å². The van der Waals surface area contributed by atoms with E-state index in [0.717, 1.165) is 46.9 Å². The zero-order valence-electron chi connectivity index (χ0n) is 37.6. The van der Waals surface area contributed by atoms with E-state index in [2.05, 4.69) is 126 Å². The highest BCUT2D eigenvalue weighted by Crippen LogP contribution is 2.36. The van der Waals surface area contributed by atoms with Crippen molar-refractivity contribution < 1.29 is 4.42 Å². The van der Waals surface area contributed by atoms with Gasteiger partial charge in [0.2, 0.25) is 0 Å². The molecule has 1 aromatic heterocycles. The fourth-order valence-electron chi connectivity index (χ4n) is 7.20. The molecule has 6 heteroatoms. The Bertz CT molecular complexity index is 1470. The van der Waals surface area contributed by atoms with Crippen molar-refractivity contribution in [2.24, 2.45) is 0 Å². The number of nitrogens with zero attached hydrogens (tertiary/aromatic N) is 4. The second-order valence-corrected chi connectivity index (χ2v) is 18.2. The van der Waals surface area contributed by atoms with E-state index in [1.807, 2.05) is 36.4 Å². The summed E-state index contributed by atoms with van der Waals surface area (Å²) in [6, 6.07) is 30.6. The zero-order valence-corrected chi connectivity index (χ0v) is 38.5. The normalized spacial score (nSPS) is 13.2. The van der Waals surface area contributed by atoms with Gasteiger partial charge in [-0.05, 0) is 72.7 Å². The molecule has 1 aliphatic heterocycles. The molecule has 0 spiro atoms. The minimum atomic E-state index is 0.441. The molecule has 57 heavy (non-hydrogen) atoms. The maximum absolute atomic E-state index is 6.02. The summed E-state index contributed by atoms with van der Waals surface area (Å²) in [7, 11) is 0. The van der Waals surface area contributed by atoms with Crippen molar-refractivity contribution in [1.29, 1.82) is 0 Å². The van der Waals surface area contributed by atoms with E-state index in [9.17, 15) is 0 Å². The summed E-state index contributed by atoms with van der Waals surface area (Å²) in [6.45, 7) is 27.6. The first-order valence-corrected chi connectivity index (χ1v) is 23.6. The lowest BCUT2D eigenvalue weighted by molar-refractivity contribution is 0.209. The van der Waals surface area contributed by atoms with Crippen LogP contribution in [-0.4, -0.2) is 71.4 Å². The number of oxazole rings is 1. The first-order valence-electron chi connectivity index (χ1n) is 22.7. The second kappa shape index (κ2) is 28.4. The van der Waals surface area contributed by atoms with Gasteiger partial charge in [0.25, 0.3) is 5.22 Å². The van der Waals surface area contributed by atoms with Gasteiger partial charge >= 0.3 is 0 Å². The van der Waals surface area contributed by atoms with Gasteiger partial charge in [-0.15, -0.1) is 0 Å². The first kappa shape index (κ1) is 48.3. The third-order valence-electron chi connectivity index (χ3n) is 10.8. The van der Waals surface area contributed by atoms with Crippen LogP contribution in [0, 0.1) is 6.92 Å². The van der Waals surface area contributed by atoms with Crippen LogP contribution >= 0.6 is 11.8 Å². The van der Waals surface area contributed by atoms with E-state index < -0.39 is 0 Å². The van der Waals surface area contributed by atoms with E-state index in [4.69, 9.17) is 9.40 Å². The first-order chi connectivity index (χ1) is 27.6. The molecule has 0 saturated carbocycles. The molecule has 1 fully saturated rings. The lowest BCUT2D eigenvalue weighted by atomic mass is 10.1. The van der Waals surface area contributed by atoms with Gasteiger partial charge in [0, 0.05) is 60.3 Å². The summed E-state index contributed by atoms with van der Waals surface area (Å²) < 4.78 is 6.02. The highest BCUT2D eigenvalue weighted by molar-refractivity contribution is 7.99. The molecule has 316 valence electrons. The fraction of sp³-hybridized carbons (Fsp3) is 0.588. The molecule has 0 amide bonds. The molecule has 0 unspecified atom stereocenters. The van der Waals surface area contributed by atoms with Crippen molar-refractivity contribution in [3.63, 3.8) is 0 Å². The summed E-state index contributed by atoms with van der Waals surface area (Å²) >= 11 is 1.64. The number of benzene rings is 3. The Balaban J connectivity index is 0.000000231. The third kappa shape index (κ3) is 19.0. The Morgan fingerprint density at radius 3 is 1.58 bits per heavy atom. The van der Waals surface area contributed by atoms with Crippen molar-refractivity contribution in [1.82, 2.24) is 14.8 Å². The van der Waals surface area contributed by atoms with Gasteiger partial charge < -0.3 is 14.2 Å². The maximum Gasteiger partial charge on any atom is 0.257 e. The lowest BCUT2D eigenvalue weighted by Gasteiger charge is -2.38. The molecule has 2 heterocycles. The quantitative estimate of drug-likeness (QED) is 0.0617. The largest absolute Gasteiger partial charge is 0.431 e. The molecule has 0 aliphatic carbocycles. The van der Waals surface area contributed by atoms with Gasteiger partial charge in [-0.3, -0.25) is 4.90 Å². The fourth-order valence-corrected chi connectivity index (χ4v) is 7.88. The van der Waals surface area contributed by atoms with E-state index in [1.165, 1.54) is 114 Å². The summed E-state index contributed by atoms with van der Waals surface area (Å²) in [5.41, 5.74) is 5.75. The number of piperazine rings is 1. The average Bonchev–Trinajstić information content (AvgIpc) is 3.64. The molecule has 1 saturated heterocycles. The van der Waals surface area contributed by atoms with Gasteiger partial charge in [-0.25, -0.2) is 4.98 Å². The van der Waals surface area contributed by atoms with Crippen LogP contribution in [0.2, 0.25) is 0 Å². The van der Waals surface area contributed by atoms with Crippen LogP contribution in [0.25, 0.3) is 22.6 Å². The molecular weight excluding hydrogens is 717 g/mol. The molecule has 5 rings (SSSR count). The molecule has 1 aliphatic rings. The number of anilines is 1. The predicted molar refractivity (Wildman–Crippen MR) is 252 cm³/mol. The van der Waals surface area contributed by atoms with E-state index in [0.29, 0.717) is 11.3 Å². The number of hydrogen-bond acceptors (Lipinski definition) is 6. The predicted octanol–water partition coefficient (Wildman–Crippen LogP) is 14.5. The summed E-state index contributed by atoms with van der Waals surface area (Å²) in [5.74, 6) is 0.838. The number of rotatable bonds is 21. The van der Waals surface area contributed by atoms with Crippen LogP contribution in [0.15, 0.2) is 94.6 Å². The van der Waals surface area contributed by atoms with Crippen LogP contribution < -0.4 is 4.90 Å². The highest BCUT2D eigenvalue weighted by atomic mass is 32.2. The third-order valence-corrected chi connectivity index (χ3v) is 11.6. The number of unbranched alkanes of at least 4 members (excludes halogenated alkanes) is 10. The van der Waals surface area contributed by atoms with Crippen LogP contribution in [0.4, 0.5) is 5.69 Å². The SMILES string of the molecule is CC(C)Sc1nc(-c2ccccc2)c(-c2ccccc2)o1.CCCCCCCCN(CCCCCCCC)C(C)C.Cc1ccc(N2CCN(C(C)C)CC2)cc1. The van der Waals surface area contributed by atoms with Crippen molar-refractivity contribution in [2.45, 2.75) is 162 Å². The van der Waals surface area contributed by atoms with Crippen LogP contribution in [0.1, 0.15) is 138 Å². The Kier molecular flexibility index (Phi) is 24.1. The average molecular weight is 797 g/mol. The Hall–Kier alpha value is -3.06. The van der Waals surface area contributed by atoms with Crippen molar-refractivity contribution in [2.75, 3.05) is 44.2 Å². The molecule has 0 atom stereocenters. The monoisotopic (exact) mass is 797 g/mol. The summed E-state index contributed by atoms with van der Waals surface area (Å²) in [6.07, 6.45) is 17.0. The number of aromatic nitrogens is 1. The van der Waals surface area contributed by atoms with Crippen LogP contribution in [0.5, 0.6) is 0 Å². The summed E-state index contributed by atoms with van der Waals surface area (Å²) in [5, 5.41) is 1.17. The smallest absolute Gasteiger partial charge is 0.257 e. The standard InChI is InChI=1S/C19H41N.C18H17NOS.C14H22N2/c1-5-7-9-11-13-15-17-20(19(3)4)18-16-14-12-10-8-6-2;1-13(2)21-18-19-16(14-9-5-3-6-10-14)17(20-18)15-11-7-4-8-12-15;1-12(2)15-8-10-16(11-9-15)14-6-4-13(3)5-7-14/h19H,5-18H2,1-4H3;3-13H,1-2H3;4-7,12H,8-11H2,1-3H3. The number of hydrogen-bond donors (Lipinski definition) is 0. The Morgan fingerprint density at radius 2 is 1.11 bits per heavy atom. The minimum absolute atomic E-state index is 0.441. The van der Waals surface area contributed by atoms with Gasteiger partial charge in [0.1, 0.15) is 5.69 Å². The van der Waals surface area contributed by atoms with Crippen LogP contribution in [0.3, 0.4) is 0 Å². The Morgan fingerprint density at radius 1 is 0.614 bits per heavy atom. The van der Waals surface area contributed by atoms with E-state index in [1.54, 1.807) is 11.8 Å². The van der Waals surface area contributed by atoms with Crippen LogP contribution in [-0.2, 0) is 0 Å². The maximum atomic E-state index is 6.02. The lowest BCUT2D eigenvalue weighted by Crippen LogP contribution is -2.48. The van der Waals surface area contributed by atoms with Gasteiger partial charge in [-0.1, -0.05) is 182 Å². The summed E-state index contributed by atoms with van der Waals surface area (Å²) in [4.78, 5) is 12.4. The van der Waals surface area contributed by atoms with Gasteiger partial charge in [0.15, 0.2) is 5.76 Å². The van der Waals surface area contributed by atoms with Gasteiger partial charge in [0.05, 0.1) is 0 Å². The Labute approximate surface area is 354 Å². The minimum Gasteiger partial charge on any atom is -0.431 e. The molecule has 0 N–H and O–H groups in total. The van der Waals surface area contributed by atoms with Crippen molar-refractivity contribution in [3.05, 3.63) is 90.5 Å². The van der Waals surface area contributed by atoms with E-state index >= 15 is 0 Å². The molecule has 4 aromatic rings. The highest BCUT2D eigenvalue weighted by Gasteiger charge is 2.19. The number of aryl methyl sites for hydroxylation is 1. The van der Waals surface area contributed by atoms with Crippen molar-refractivity contribution in [3.8, 4) is 22.6 Å². The topological polar surface area (TPSA) is 35.8 Å². The molecule has 5 nitrogen and oxygen atoms in total.